The lowest BCUT2D eigenvalue weighted by Gasteiger charge is -2.15. The highest BCUT2D eigenvalue weighted by Crippen LogP contribution is 2.35. The van der Waals surface area contributed by atoms with Crippen LogP contribution in [0, 0.1) is 5.82 Å². The molecule has 8 nitrogen and oxygen atoms in total. The number of aromatic amines is 1. The number of fused-ring (bicyclic) bond motifs is 1. The van der Waals surface area contributed by atoms with Gasteiger partial charge in [-0.1, -0.05) is 23.2 Å². The summed E-state index contributed by atoms with van der Waals surface area (Å²) in [5.74, 6) is -1.58. The third-order valence-corrected chi connectivity index (χ3v) is 7.79. The van der Waals surface area contributed by atoms with Crippen LogP contribution in [0.5, 0.6) is 0 Å². The fraction of sp³-hybridized carbons (Fsp3) is 0.304. The van der Waals surface area contributed by atoms with Crippen molar-refractivity contribution in [2.45, 2.75) is 30.6 Å². The first kappa shape index (κ1) is 25.3. The topological polar surface area (TPSA) is 111 Å². The number of halogens is 3. The number of nitrogens with one attached hydrogen (secondary N) is 3. The van der Waals surface area contributed by atoms with Crippen molar-refractivity contribution in [1.82, 2.24) is 15.2 Å². The summed E-state index contributed by atoms with van der Waals surface area (Å²) in [7, 11) is -4.33. The zero-order valence-corrected chi connectivity index (χ0v) is 20.9. The lowest BCUT2D eigenvalue weighted by molar-refractivity contribution is -0.130. The van der Waals surface area contributed by atoms with Crippen molar-refractivity contribution in [1.29, 1.82) is 0 Å². The van der Waals surface area contributed by atoms with E-state index >= 15 is 0 Å². The van der Waals surface area contributed by atoms with E-state index in [-0.39, 0.29) is 23.7 Å². The van der Waals surface area contributed by atoms with Gasteiger partial charge in [-0.2, -0.15) is 0 Å². The summed E-state index contributed by atoms with van der Waals surface area (Å²) in [6.45, 7) is 1.79. The van der Waals surface area contributed by atoms with Crippen LogP contribution < -0.4 is 10.0 Å². The van der Waals surface area contributed by atoms with Crippen LogP contribution in [0.1, 0.15) is 36.0 Å². The number of amides is 2. The minimum atomic E-state index is -4.33. The Hall–Kier alpha value is -2.82. The van der Waals surface area contributed by atoms with E-state index in [1.165, 1.54) is 24.4 Å². The third kappa shape index (κ3) is 5.55. The molecule has 12 heteroatoms. The number of H-pyrrole nitrogens is 1. The number of sulfonamides is 1. The number of anilines is 1. The Morgan fingerprint density at radius 2 is 1.83 bits per heavy atom. The average Bonchev–Trinajstić information content (AvgIpc) is 3.49. The van der Waals surface area contributed by atoms with Crippen molar-refractivity contribution in [3.63, 3.8) is 0 Å². The van der Waals surface area contributed by atoms with Gasteiger partial charge in [0.15, 0.2) is 0 Å². The first-order valence-corrected chi connectivity index (χ1v) is 13.2. The lowest BCUT2D eigenvalue weighted by atomic mass is 10.2. The zero-order valence-electron chi connectivity index (χ0n) is 18.5. The predicted octanol–water partition coefficient (Wildman–Crippen LogP) is 4.55. The molecule has 1 aliphatic rings. The Labute approximate surface area is 211 Å². The normalized spacial score (nSPS) is 13.9. The van der Waals surface area contributed by atoms with Gasteiger partial charge in [0.1, 0.15) is 10.7 Å². The number of aromatic nitrogens is 1. The second kappa shape index (κ2) is 10.4. The van der Waals surface area contributed by atoms with Crippen molar-refractivity contribution in [3.8, 4) is 0 Å². The van der Waals surface area contributed by atoms with Crippen molar-refractivity contribution in [2.24, 2.45) is 0 Å². The molecule has 0 saturated carbocycles. The van der Waals surface area contributed by atoms with Crippen LogP contribution in [0.15, 0.2) is 41.4 Å². The predicted molar refractivity (Wildman–Crippen MR) is 133 cm³/mol. The minimum Gasteiger partial charge on any atom is -0.358 e. The molecule has 3 aromatic rings. The van der Waals surface area contributed by atoms with Crippen molar-refractivity contribution in [3.05, 3.63) is 58.0 Å². The molecule has 3 N–H and O–H groups in total. The van der Waals surface area contributed by atoms with E-state index in [0.717, 1.165) is 38.1 Å². The average molecular weight is 541 g/mol. The molecular formula is C23H23Cl2FN4O4S. The first-order chi connectivity index (χ1) is 16.7. The Balaban J connectivity index is 1.40. The Morgan fingerprint density at radius 1 is 1.09 bits per heavy atom. The molecule has 4 rings (SSSR count). The van der Waals surface area contributed by atoms with Crippen LogP contribution >= 0.6 is 23.2 Å². The highest BCUT2D eigenvalue weighted by atomic mass is 35.5. The van der Waals surface area contributed by atoms with E-state index in [9.17, 15) is 22.4 Å². The Morgan fingerprint density at radius 3 is 2.54 bits per heavy atom. The molecule has 2 aromatic carbocycles. The van der Waals surface area contributed by atoms with Crippen molar-refractivity contribution >= 4 is 61.6 Å². The van der Waals surface area contributed by atoms with E-state index in [4.69, 9.17) is 23.2 Å². The largest absolute Gasteiger partial charge is 0.358 e. The van der Waals surface area contributed by atoms with Gasteiger partial charge in [0.2, 0.25) is 5.91 Å². The van der Waals surface area contributed by atoms with Gasteiger partial charge in [-0.05, 0) is 49.6 Å². The second-order valence-corrected chi connectivity index (χ2v) is 10.6. The molecule has 0 spiro atoms. The summed E-state index contributed by atoms with van der Waals surface area (Å²) in [5, 5.41) is 3.70. The van der Waals surface area contributed by atoms with E-state index in [0.29, 0.717) is 33.8 Å². The monoisotopic (exact) mass is 540 g/mol. The van der Waals surface area contributed by atoms with Gasteiger partial charge in [0.25, 0.3) is 15.9 Å². The van der Waals surface area contributed by atoms with Gasteiger partial charge >= 0.3 is 0 Å². The number of carbonyl (C=O) groups excluding carboxylic acids is 2. The number of hydrogen-bond donors (Lipinski definition) is 3. The number of carbonyl (C=O) groups is 2. The van der Waals surface area contributed by atoms with Crippen molar-refractivity contribution < 1.29 is 22.4 Å². The molecule has 0 radical (unpaired) electrons. The van der Waals surface area contributed by atoms with Gasteiger partial charge in [0, 0.05) is 43.2 Å². The summed E-state index contributed by atoms with van der Waals surface area (Å²) < 4.78 is 42.8. The molecule has 0 atom stereocenters. The van der Waals surface area contributed by atoms with Gasteiger partial charge in [0.05, 0.1) is 21.2 Å². The first-order valence-electron chi connectivity index (χ1n) is 11.0. The molecular weight excluding hydrogens is 518 g/mol. The summed E-state index contributed by atoms with van der Waals surface area (Å²) >= 11 is 12.2. The highest BCUT2D eigenvalue weighted by molar-refractivity contribution is 7.92. The summed E-state index contributed by atoms with van der Waals surface area (Å²) in [5.41, 5.74) is 0.462. The maximum absolute atomic E-state index is 14.8. The number of hydrogen-bond acceptors (Lipinski definition) is 4. The van der Waals surface area contributed by atoms with E-state index in [2.05, 4.69) is 15.0 Å². The van der Waals surface area contributed by atoms with Gasteiger partial charge in [-0.25, -0.2) is 12.8 Å². The molecule has 1 aliphatic heterocycles. The minimum absolute atomic E-state index is 0.0302. The highest BCUT2D eigenvalue weighted by Gasteiger charge is 2.23. The van der Waals surface area contributed by atoms with Crippen LogP contribution in [0.4, 0.5) is 10.1 Å². The number of likely N-dealkylation sites (tertiary alicyclic amines) is 1. The zero-order chi connectivity index (χ0) is 25.2. The molecule has 1 fully saturated rings. The number of rotatable bonds is 8. The second-order valence-electron chi connectivity index (χ2n) is 8.18. The van der Waals surface area contributed by atoms with Crippen LogP contribution in [-0.4, -0.2) is 49.8 Å². The maximum Gasteiger partial charge on any atom is 0.264 e. The Bertz CT molecular complexity index is 1390. The molecule has 35 heavy (non-hydrogen) atoms. The maximum atomic E-state index is 14.8. The Kier molecular flexibility index (Phi) is 7.53. The fourth-order valence-corrected chi connectivity index (χ4v) is 5.67. The SMILES string of the molecule is O=C(NCCCC(=O)N1CCCC1)c1ccc(S(=O)(=O)Nc2ccc(Cl)c3c(Cl)c[nH]c23)c(F)c1. The van der Waals surface area contributed by atoms with Crippen LogP contribution in [0.25, 0.3) is 10.9 Å². The van der Waals surface area contributed by atoms with Gasteiger partial charge in [-0.15, -0.1) is 0 Å². The molecule has 0 unspecified atom stereocenters. The molecule has 2 heterocycles. The molecule has 2 amide bonds. The van der Waals surface area contributed by atoms with Crippen LogP contribution in [0.2, 0.25) is 10.0 Å². The lowest BCUT2D eigenvalue weighted by Crippen LogP contribution is -2.29. The van der Waals surface area contributed by atoms with E-state index in [1.54, 1.807) is 0 Å². The van der Waals surface area contributed by atoms with E-state index in [1.807, 2.05) is 4.90 Å². The molecule has 0 bridgehead atoms. The summed E-state index contributed by atoms with van der Waals surface area (Å²) in [4.78, 5) is 28.4. The molecule has 186 valence electrons. The number of nitrogens with zero attached hydrogens (tertiary/aromatic N) is 1. The fourth-order valence-electron chi connectivity index (χ4n) is 3.98. The molecule has 1 aromatic heterocycles. The summed E-state index contributed by atoms with van der Waals surface area (Å²) in [6.07, 6.45) is 4.27. The van der Waals surface area contributed by atoms with Gasteiger partial charge in [-0.3, -0.25) is 14.3 Å². The summed E-state index contributed by atoms with van der Waals surface area (Å²) in [6, 6.07) is 6.03. The number of benzene rings is 2. The third-order valence-electron chi connectivity index (χ3n) is 5.78. The quantitative estimate of drug-likeness (QED) is 0.364. The van der Waals surface area contributed by atoms with Crippen molar-refractivity contribution in [2.75, 3.05) is 24.4 Å². The smallest absolute Gasteiger partial charge is 0.264 e. The van der Waals surface area contributed by atoms with Gasteiger partial charge < -0.3 is 15.2 Å². The van der Waals surface area contributed by atoms with Crippen LogP contribution in [-0.2, 0) is 14.8 Å². The standard InChI is InChI=1S/C23H23Cl2FN4O4S/c24-15-6-7-18(22-21(15)16(25)13-28-22)29-35(33,34)19-8-5-14(12-17(19)26)23(32)27-9-3-4-20(31)30-10-1-2-11-30/h5-8,12-13,28-29H,1-4,9-11H2,(H,27,32). The molecule has 1 saturated heterocycles. The molecule has 0 aliphatic carbocycles. The van der Waals surface area contributed by atoms with Crippen LogP contribution in [0.3, 0.4) is 0 Å². The van der Waals surface area contributed by atoms with E-state index < -0.39 is 26.6 Å².